The summed E-state index contributed by atoms with van der Waals surface area (Å²) in [4.78, 5) is 0. The van der Waals surface area contributed by atoms with Crippen molar-refractivity contribution in [3.05, 3.63) is 17.0 Å². The van der Waals surface area contributed by atoms with Crippen molar-refractivity contribution in [1.29, 1.82) is 0 Å². The Morgan fingerprint density at radius 2 is 2.07 bits per heavy atom. The Balaban J connectivity index is 2.64. The molecule has 0 aliphatic heterocycles. The summed E-state index contributed by atoms with van der Waals surface area (Å²) < 4.78 is 52.8. The Hall–Kier alpha value is -1.07. The molecule has 1 unspecified atom stereocenters. The summed E-state index contributed by atoms with van der Waals surface area (Å²) in [5, 5.41) is 3.46. The summed E-state index contributed by atoms with van der Waals surface area (Å²) in [5.41, 5.74) is -0.833. The van der Waals surface area contributed by atoms with E-state index >= 15 is 0 Å². The zero-order chi connectivity index (χ0) is 11.4. The first-order valence-electron chi connectivity index (χ1n) is 4.58. The van der Waals surface area contributed by atoms with E-state index in [1.54, 1.807) is 0 Å². The van der Waals surface area contributed by atoms with Gasteiger partial charge in [0.05, 0.1) is 0 Å². The van der Waals surface area contributed by atoms with Crippen LogP contribution in [0.3, 0.4) is 0 Å². The first-order valence-corrected chi connectivity index (χ1v) is 4.58. The van der Waals surface area contributed by atoms with Crippen LogP contribution in [0.5, 0.6) is 0 Å². The van der Waals surface area contributed by atoms with Gasteiger partial charge in [-0.05, 0) is 5.92 Å². The van der Waals surface area contributed by atoms with Crippen molar-refractivity contribution < 1.29 is 17.6 Å². The van der Waals surface area contributed by atoms with Gasteiger partial charge in [-0.15, -0.1) is 0 Å². The number of aryl methyl sites for hydroxylation is 1. The molecule has 1 aliphatic carbocycles. The zero-order valence-corrected chi connectivity index (χ0v) is 8.27. The lowest BCUT2D eigenvalue weighted by Gasteiger charge is -2.10. The van der Waals surface area contributed by atoms with Crippen LogP contribution in [0.4, 0.5) is 17.6 Å². The predicted molar refractivity (Wildman–Crippen MR) is 45.1 cm³/mol. The Kier molecular flexibility index (Phi) is 2.06. The molecular weight excluding hydrogens is 212 g/mol. The third kappa shape index (κ3) is 1.34. The Labute approximate surface area is 83.9 Å². The molecule has 1 atom stereocenters. The summed E-state index contributed by atoms with van der Waals surface area (Å²) in [7, 11) is 1.27. The first-order chi connectivity index (χ1) is 6.84. The maximum absolute atomic E-state index is 13.4. The molecule has 0 fully saturated rings. The van der Waals surface area contributed by atoms with Crippen molar-refractivity contribution in [2.24, 2.45) is 7.05 Å². The highest BCUT2D eigenvalue weighted by Gasteiger charge is 2.49. The Morgan fingerprint density at radius 3 is 2.60 bits per heavy atom. The topological polar surface area (TPSA) is 17.8 Å². The quantitative estimate of drug-likeness (QED) is 0.668. The minimum Gasteiger partial charge on any atom is -0.266 e. The summed E-state index contributed by atoms with van der Waals surface area (Å²) in [5.74, 6) is -3.60. The molecule has 0 radical (unpaired) electrons. The number of fused-ring (bicyclic) bond motifs is 1. The monoisotopic (exact) mass is 222 g/mol. The van der Waals surface area contributed by atoms with Gasteiger partial charge < -0.3 is 0 Å². The molecule has 0 amide bonds. The molecule has 2 rings (SSSR count). The molecule has 6 heteroatoms. The molecule has 1 aliphatic rings. The van der Waals surface area contributed by atoms with Crippen molar-refractivity contribution >= 4 is 0 Å². The van der Waals surface area contributed by atoms with Crippen LogP contribution in [0.15, 0.2) is 0 Å². The number of hydrogen-bond donors (Lipinski definition) is 0. The zero-order valence-electron chi connectivity index (χ0n) is 8.27. The van der Waals surface area contributed by atoms with Crippen LogP contribution in [0.25, 0.3) is 0 Å². The molecular formula is C9H10F4N2. The van der Waals surface area contributed by atoms with Crippen LogP contribution < -0.4 is 0 Å². The van der Waals surface area contributed by atoms with Crippen LogP contribution >= 0.6 is 0 Å². The van der Waals surface area contributed by atoms with Crippen molar-refractivity contribution in [3.63, 3.8) is 0 Å². The van der Waals surface area contributed by atoms with Gasteiger partial charge in [0.1, 0.15) is 11.4 Å². The van der Waals surface area contributed by atoms with Crippen molar-refractivity contribution in [1.82, 2.24) is 9.78 Å². The van der Waals surface area contributed by atoms with Crippen LogP contribution in [0, 0.1) is 0 Å². The standard InChI is InChI=1S/C9H10F4N2/c1-4-3-9(12,13)7-5(4)6(8(10)11)14-15(7)2/h4,8H,3H2,1-2H3. The second-order valence-electron chi connectivity index (χ2n) is 3.88. The van der Waals surface area contributed by atoms with Gasteiger partial charge in [-0.2, -0.15) is 13.9 Å². The highest BCUT2D eigenvalue weighted by Crippen LogP contribution is 2.50. The van der Waals surface area contributed by atoms with E-state index in [1.165, 1.54) is 14.0 Å². The minimum atomic E-state index is -3.04. The molecule has 15 heavy (non-hydrogen) atoms. The number of nitrogens with zero attached hydrogens (tertiary/aromatic N) is 2. The molecule has 1 heterocycles. The molecule has 1 aromatic heterocycles. The lowest BCUT2D eigenvalue weighted by Crippen LogP contribution is -2.14. The van der Waals surface area contributed by atoms with E-state index in [1.807, 2.05) is 0 Å². The smallest absolute Gasteiger partial charge is 0.266 e. The molecule has 84 valence electrons. The molecule has 1 aromatic rings. The van der Waals surface area contributed by atoms with Gasteiger partial charge in [0.25, 0.3) is 12.3 Å². The lowest BCUT2D eigenvalue weighted by atomic mass is 10.0. The maximum Gasteiger partial charge on any atom is 0.290 e. The number of alkyl halides is 4. The van der Waals surface area contributed by atoms with Gasteiger partial charge in [0, 0.05) is 19.0 Å². The Morgan fingerprint density at radius 1 is 1.47 bits per heavy atom. The highest BCUT2D eigenvalue weighted by molar-refractivity contribution is 5.38. The summed E-state index contributed by atoms with van der Waals surface area (Å²) in [6.45, 7) is 1.52. The van der Waals surface area contributed by atoms with Crippen molar-refractivity contribution in [3.8, 4) is 0 Å². The van der Waals surface area contributed by atoms with Crippen LogP contribution in [-0.2, 0) is 13.0 Å². The molecule has 0 spiro atoms. The van der Waals surface area contributed by atoms with Crippen LogP contribution in [-0.4, -0.2) is 9.78 Å². The highest BCUT2D eigenvalue weighted by atomic mass is 19.3. The van der Waals surface area contributed by atoms with E-state index in [4.69, 9.17) is 0 Å². The van der Waals surface area contributed by atoms with E-state index in [-0.39, 0.29) is 11.3 Å². The van der Waals surface area contributed by atoms with Gasteiger partial charge >= 0.3 is 0 Å². The van der Waals surface area contributed by atoms with Gasteiger partial charge in [-0.3, -0.25) is 4.68 Å². The fourth-order valence-corrected chi connectivity index (χ4v) is 2.23. The van der Waals surface area contributed by atoms with Crippen LogP contribution in [0.1, 0.15) is 42.6 Å². The molecule has 0 N–H and O–H groups in total. The van der Waals surface area contributed by atoms with Gasteiger partial charge in [0.2, 0.25) is 0 Å². The van der Waals surface area contributed by atoms with E-state index in [0.717, 1.165) is 4.68 Å². The molecule has 0 bridgehead atoms. The normalized spacial score (nSPS) is 23.5. The summed E-state index contributed by atoms with van der Waals surface area (Å²) in [6, 6.07) is 0. The number of aromatic nitrogens is 2. The van der Waals surface area contributed by atoms with Crippen LogP contribution in [0.2, 0.25) is 0 Å². The first kappa shape index (κ1) is 10.4. The lowest BCUT2D eigenvalue weighted by molar-refractivity contribution is -0.0138. The molecule has 0 saturated carbocycles. The maximum atomic E-state index is 13.4. The van der Waals surface area contributed by atoms with Gasteiger partial charge in [-0.25, -0.2) is 8.78 Å². The fraction of sp³-hybridized carbons (Fsp3) is 0.667. The van der Waals surface area contributed by atoms with Gasteiger partial charge in [0.15, 0.2) is 0 Å². The second kappa shape index (κ2) is 2.96. The molecule has 2 nitrogen and oxygen atoms in total. The van der Waals surface area contributed by atoms with Crippen molar-refractivity contribution in [2.45, 2.75) is 31.6 Å². The van der Waals surface area contributed by atoms with Crippen molar-refractivity contribution in [2.75, 3.05) is 0 Å². The Bertz CT molecular complexity index is 397. The third-order valence-corrected chi connectivity index (χ3v) is 2.72. The number of hydrogen-bond acceptors (Lipinski definition) is 1. The average Bonchev–Trinajstić information content (AvgIpc) is 2.51. The second-order valence-corrected chi connectivity index (χ2v) is 3.88. The van der Waals surface area contributed by atoms with E-state index in [9.17, 15) is 17.6 Å². The summed E-state index contributed by atoms with van der Waals surface area (Å²) >= 11 is 0. The summed E-state index contributed by atoms with van der Waals surface area (Å²) in [6.07, 6.45) is -3.20. The predicted octanol–water partition coefficient (Wildman–Crippen LogP) is 2.96. The number of halogens is 4. The third-order valence-electron chi connectivity index (χ3n) is 2.72. The molecule has 0 aromatic carbocycles. The van der Waals surface area contributed by atoms with E-state index < -0.39 is 30.4 Å². The van der Waals surface area contributed by atoms with Gasteiger partial charge in [-0.1, -0.05) is 6.92 Å². The minimum absolute atomic E-state index is 0.0255. The fourth-order valence-electron chi connectivity index (χ4n) is 2.23. The van der Waals surface area contributed by atoms with E-state index in [0.29, 0.717) is 0 Å². The molecule has 0 saturated heterocycles. The van der Waals surface area contributed by atoms with E-state index in [2.05, 4.69) is 5.10 Å². The SMILES string of the molecule is CC1CC(F)(F)c2c1c(C(F)F)nn2C. The largest absolute Gasteiger partial charge is 0.290 e. The number of rotatable bonds is 1. The average molecular weight is 222 g/mol.